The third-order valence-corrected chi connectivity index (χ3v) is 4.68. The summed E-state index contributed by atoms with van der Waals surface area (Å²) in [4.78, 5) is 32.1. The van der Waals surface area contributed by atoms with Crippen molar-refractivity contribution in [2.45, 2.75) is 19.6 Å². The normalized spacial score (nSPS) is 17.4. The molecule has 1 N–H and O–H groups in total. The Morgan fingerprint density at radius 1 is 1.38 bits per heavy atom. The summed E-state index contributed by atoms with van der Waals surface area (Å²) < 4.78 is 7.52. The van der Waals surface area contributed by atoms with Gasteiger partial charge in [-0.25, -0.2) is 9.78 Å². The molecule has 2 aromatic rings. The fraction of sp³-hybridized carbons (Fsp3) is 0.500. The molecule has 0 saturated carbocycles. The lowest BCUT2D eigenvalue weighted by Crippen LogP contribution is -2.53. The highest BCUT2D eigenvalue weighted by Gasteiger charge is 2.30. The lowest BCUT2D eigenvalue weighted by Gasteiger charge is -2.33. The fourth-order valence-electron chi connectivity index (χ4n) is 3.04. The number of ether oxygens (including phenoxy) is 1. The molecule has 1 aliphatic heterocycles. The third kappa shape index (κ3) is 3.65. The molecule has 0 aliphatic carbocycles. The van der Waals surface area contributed by atoms with Crippen LogP contribution in [0.4, 0.5) is 4.79 Å². The number of aryl methyl sites for hydroxylation is 2. The number of rotatable bonds is 3. The standard InChI is InChI=1S/C18H25N5O3/c1-12-20-14-9-13(5-6-15(14)22(12)4)10-19-18(25)23-7-8-26-16(11-23)17(24)21(2)3/h5-6,9,16H,7-8,10-11H2,1-4H3,(H,19,25). The zero-order valence-electron chi connectivity index (χ0n) is 15.7. The number of imidazole rings is 1. The van der Waals surface area contributed by atoms with Crippen LogP contribution in [0.25, 0.3) is 11.0 Å². The highest BCUT2D eigenvalue weighted by atomic mass is 16.5. The first-order chi connectivity index (χ1) is 12.4. The number of urea groups is 1. The second-order valence-corrected chi connectivity index (χ2v) is 6.74. The summed E-state index contributed by atoms with van der Waals surface area (Å²) in [5.74, 6) is 0.824. The van der Waals surface area contributed by atoms with Crippen molar-refractivity contribution in [1.82, 2.24) is 24.7 Å². The molecule has 0 radical (unpaired) electrons. The Balaban J connectivity index is 1.60. The summed E-state index contributed by atoms with van der Waals surface area (Å²) in [6.07, 6.45) is -0.600. The summed E-state index contributed by atoms with van der Waals surface area (Å²) in [6, 6.07) is 5.79. The Labute approximate surface area is 152 Å². The van der Waals surface area contributed by atoms with E-state index in [-0.39, 0.29) is 18.5 Å². The quantitative estimate of drug-likeness (QED) is 0.882. The molecule has 1 fully saturated rings. The molecule has 26 heavy (non-hydrogen) atoms. The topological polar surface area (TPSA) is 79.7 Å². The number of carbonyl (C=O) groups is 2. The molecular weight excluding hydrogens is 334 g/mol. The van der Waals surface area contributed by atoms with Gasteiger partial charge in [0.05, 0.1) is 24.2 Å². The van der Waals surface area contributed by atoms with Gasteiger partial charge in [-0.3, -0.25) is 4.79 Å². The molecule has 8 nitrogen and oxygen atoms in total. The van der Waals surface area contributed by atoms with Gasteiger partial charge in [0, 0.05) is 34.2 Å². The predicted octanol–water partition coefficient (Wildman–Crippen LogP) is 0.880. The van der Waals surface area contributed by atoms with Gasteiger partial charge in [0.25, 0.3) is 5.91 Å². The van der Waals surface area contributed by atoms with Crippen molar-refractivity contribution in [2.75, 3.05) is 33.8 Å². The van der Waals surface area contributed by atoms with Crippen LogP contribution in [-0.4, -0.2) is 71.2 Å². The second-order valence-electron chi connectivity index (χ2n) is 6.74. The zero-order chi connectivity index (χ0) is 18.8. The number of morpholine rings is 1. The van der Waals surface area contributed by atoms with Crippen molar-refractivity contribution >= 4 is 23.0 Å². The number of amides is 3. The van der Waals surface area contributed by atoms with E-state index in [4.69, 9.17) is 4.74 Å². The van der Waals surface area contributed by atoms with Crippen LogP contribution < -0.4 is 5.32 Å². The fourth-order valence-corrected chi connectivity index (χ4v) is 3.04. The number of nitrogens with one attached hydrogen (secondary N) is 1. The molecule has 0 bridgehead atoms. The number of fused-ring (bicyclic) bond motifs is 1. The number of likely N-dealkylation sites (N-methyl/N-ethyl adjacent to an activating group) is 1. The minimum absolute atomic E-state index is 0.126. The maximum absolute atomic E-state index is 12.4. The first kappa shape index (κ1) is 18.2. The van der Waals surface area contributed by atoms with E-state index in [2.05, 4.69) is 10.3 Å². The van der Waals surface area contributed by atoms with Crippen LogP contribution in [0, 0.1) is 6.92 Å². The van der Waals surface area contributed by atoms with Gasteiger partial charge in [-0.05, 0) is 24.6 Å². The van der Waals surface area contributed by atoms with E-state index in [1.807, 2.05) is 36.7 Å². The summed E-state index contributed by atoms with van der Waals surface area (Å²) in [5, 5.41) is 2.92. The maximum Gasteiger partial charge on any atom is 0.317 e. The molecule has 1 aliphatic rings. The molecule has 0 spiro atoms. The highest BCUT2D eigenvalue weighted by Crippen LogP contribution is 2.16. The van der Waals surface area contributed by atoms with Crippen LogP contribution in [0.15, 0.2) is 18.2 Å². The summed E-state index contributed by atoms with van der Waals surface area (Å²) >= 11 is 0. The first-order valence-electron chi connectivity index (χ1n) is 8.64. The van der Waals surface area contributed by atoms with Gasteiger partial charge in [-0.1, -0.05) is 6.07 Å². The number of carbonyl (C=O) groups excluding carboxylic acids is 2. The van der Waals surface area contributed by atoms with Crippen LogP contribution in [0.5, 0.6) is 0 Å². The molecule has 1 saturated heterocycles. The second kappa shape index (κ2) is 7.33. The Bertz CT molecular complexity index is 830. The molecule has 1 aromatic heterocycles. The highest BCUT2D eigenvalue weighted by molar-refractivity contribution is 5.82. The van der Waals surface area contributed by atoms with E-state index in [1.165, 1.54) is 4.90 Å². The van der Waals surface area contributed by atoms with E-state index in [0.29, 0.717) is 19.7 Å². The molecule has 3 rings (SSSR count). The number of hydrogen-bond donors (Lipinski definition) is 1. The molecule has 8 heteroatoms. The molecule has 3 amide bonds. The number of nitrogens with zero attached hydrogens (tertiary/aromatic N) is 4. The van der Waals surface area contributed by atoms with Crippen molar-refractivity contribution in [2.24, 2.45) is 7.05 Å². The number of aromatic nitrogens is 2. The maximum atomic E-state index is 12.4. The Kier molecular flexibility index (Phi) is 5.13. The Morgan fingerprint density at radius 2 is 2.15 bits per heavy atom. The monoisotopic (exact) mass is 359 g/mol. The van der Waals surface area contributed by atoms with Crippen molar-refractivity contribution in [1.29, 1.82) is 0 Å². The van der Waals surface area contributed by atoms with Crippen molar-refractivity contribution < 1.29 is 14.3 Å². The van der Waals surface area contributed by atoms with Crippen LogP contribution in [0.2, 0.25) is 0 Å². The van der Waals surface area contributed by atoms with E-state index >= 15 is 0 Å². The van der Waals surface area contributed by atoms with E-state index in [9.17, 15) is 9.59 Å². The van der Waals surface area contributed by atoms with E-state index < -0.39 is 6.10 Å². The summed E-state index contributed by atoms with van der Waals surface area (Å²) in [6.45, 7) is 3.47. The lowest BCUT2D eigenvalue weighted by molar-refractivity contribution is -0.145. The average Bonchev–Trinajstić information content (AvgIpc) is 2.92. The van der Waals surface area contributed by atoms with E-state index in [0.717, 1.165) is 22.4 Å². The van der Waals surface area contributed by atoms with Crippen molar-refractivity contribution in [3.8, 4) is 0 Å². The smallest absolute Gasteiger partial charge is 0.317 e. The van der Waals surface area contributed by atoms with Crippen LogP contribution >= 0.6 is 0 Å². The van der Waals surface area contributed by atoms with Gasteiger partial charge in [0.15, 0.2) is 6.10 Å². The predicted molar refractivity (Wildman–Crippen MR) is 97.7 cm³/mol. The summed E-state index contributed by atoms with van der Waals surface area (Å²) in [5.41, 5.74) is 2.97. The largest absolute Gasteiger partial charge is 0.365 e. The van der Waals surface area contributed by atoms with Gasteiger partial charge in [0.2, 0.25) is 0 Å². The van der Waals surface area contributed by atoms with Crippen molar-refractivity contribution in [3.05, 3.63) is 29.6 Å². The Hall–Kier alpha value is -2.61. The van der Waals surface area contributed by atoms with E-state index in [1.54, 1.807) is 19.0 Å². The molecule has 1 atom stereocenters. The van der Waals surface area contributed by atoms with Gasteiger partial charge in [0.1, 0.15) is 5.82 Å². The molecule has 1 unspecified atom stereocenters. The van der Waals surface area contributed by atoms with Crippen LogP contribution in [0.3, 0.4) is 0 Å². The first-order valence-corrected chi connectivity index (χ1v) is 8.64. The number of benzene rings is 1. The van der Waals surface area contributed by atoms with Gasteiger partial charge < -0.3 is 24.4 Å². The van der Waals surface area contributed by atoms with Gasteiger partial charge in [-0.15, -0.1) is 0 Å². The minimum Gasteiger partial charge on any atom is -0.365 e. The Morgan fingerprint density at radius 3 is 2.88 bits per heavy atom. The lowest BCUT2D eigenvalue weighted by atomic mass is 10.2. The van der Waals surface area contributed by atoms with Crippen LogP contribution in [-0.2, 0) is 23.1 Å². The molecule has 1 aromatic carbocycles. The SMILES string of the molecule is Cc1nc2cc(CNC(=O)N3CCOC(C(=O)N(C)C)C3)ccc2n1C. The average molecular weight is 359 g/mol. The molecule has 2 heterocycles. The molecular formula is C18H25N5O3. The minimum atomic E-state index is -0.600. The van der Waals surface area contributed by atoms with Crippen LogP contribution in [0.1, 0.15) is 11.4 Å². The van der Waals surface area contributed by atoms with Crippen molar-refractivity contribution in [3.63, 3.8) is 0 Å². The zero-order valence-corrected chi connectivity index (χ0v) is 15.7. The summed E-state index contributed by atoms with van der Waals surface area (Å²) in [7, 11) is 5.34. The third-order valence-electron chi connectivity index (χ3n) is 4.68. The van der Waals surface area contributed by atoms with Gasteiger partial charge >= 0.3 is 6.03 Å². The van der Waals surface area contributed by atoms with Gasteiger partial charge in [-0.2, -0.15) is 0 Å². The molecule has 140 valence electrons. The number of hydrogen-bond acceptors (Lipinski definition) is 4.